The van der Waals surface area contributed by atoms with E-state index in [0.717, 1.165) is 80.0 Å². The van der Waals surface area contributed by atoms with E-state index in [1.807, 2.05) is 18.2 Å². The Hall–Kier alpha value is -5.78. The Morgan fingerprint density at radius 2 is 1.67 bits per heavy atom. The van der Waals surface area contributed by atoms with E-state index in [1.165, 1.54) is 29.9 Å². The van der Waals surface area contributed by atoms with Crippen molar-refractivity contribution in [3.63, 3.8) is 0 Å². The molecule has 0 bridgehead atoms. The summed E-state index contributed by atoms with van der Waals surface area (Å²) >= 11 is 0. The van der Waals surface area contributed by atoms with Gasteiger partial charge in [0.2, 0.25) is 11.8 Å². The molecule has 3 aliphatic heterocycles. The Morgan fingerprint density at radius 1 is 0.900 bits per heavy atom. The fraction of sp³-hybridized carbons (Fsp3) is 0.372. The number of aromatic nitrogens is 4. The van der Waals surface area contributed by atoms with Crippen molar-refractivity contribution in [1.82, 2.24) is 34.3 Å². The van der Waals surface area contributed by atoms with Crippen LogP contribution in [-0.2, 0) is 19.8 Å². The summed E-state index contributed by atoms with van der Waals surface area (Å²) in [6.45, 7) is 7.93. The average molecular weight is 839 g/mol. The molecule has 0 radical (unpaired) electrons. The second-order valence-corrected chi connectivity index (χ2v) is 17.3. The summed E-state index contributed by atoms with van der Waals surface area (Å²) in [5.41, 5.74) is 3.04. The molecule has 2 amide bonds. The molecule has 8 rings (SSSR count). The van der Waals surface area contributed by atoms with Gasteiger partial charge in [-0.25, -0.2) is 18.4 Å². The van der Waals surface area contributed by atoms with Crippen molar-refractivity contribution in [2.75, 3.05) is 73.9 Å². The van der Waals surface area contributed by atoms with E-state index in [1.54, 1.807) is 56.0 Å². The van der Waals surface area contributed by atoms with E-state index in [4.69, 9.17) is 5.10 Å². The van der Waals surface area contributed by atoms with Crippen molar-refractivity contribution in [3.8, 4) is 28.1 Å². The molecule has 0 saturated carbocycles. The number of hydrogen-bond acceptors (Lipinski definition) is 10. The van der Waals surface area contributed by atoms with E-state index >= 15 is 8.78 Å². The van der Waals surface area contributed by atoms with Crippen LogP contribution in [0.5, 0.6) is 0 Å². The van der Waals surface area contributed by atoms with Crippen LogP contribution in [0.4, 0.5) is 26.0 Å². The number of hydrogen-bond donors (Lipinski definition) is 2. The third-order valence-corrected chi connectivity index (χ3v) is 13.4. The van der Waals surface area contributed by atoms with Crippen LogP contribution >= 0.6 is 0 Å². The second kappa shape index (κ2) is 17.4. The van der Waals surface area contributed by atoms with Crippen LogP contribution in [0, 0.1) is 17.6 Å². The normalized spacial score (nSPS) is 18.2. The summed E-state index contributed by atoms with van der Waals surface area (Å²) in [7, 11) is -2.59. The van der Waals surface area contributed by atoms with Gasteiger partial charge in [0.25, 0.3) is 0 Å². The number of piperazine rings is 1. The number of pyridine rings is 2. The molecule has 6 heterocycles. The van der Waals surface area contributed by atoms with Crippen molar-refractivity contribution in [1.29, 1.82) is 0 Å². The molecule has 3 fully saturated rings. The Bertz CT molecular complexity index is 2450. The van der Waals surface area contributed by atoms with Gasteiger partial charge in [0.15, 0.2) is 11.6 Å². The minimum atomic E-state index is -3.99. The van der Waals surface area contributed by atoms with E-state index in [9.17, 15) is 18.0 Å². The predicted octanol–water partition coefficient (Wildman–Crippen LogP) is 5.44. The summed E-state index contributed by atoms with van der Waals surface area (Å²) < 4.78 is 62.5. The SMILES string of the molecule is CCN(C)S(=O)(=O)Nc1cccc(-c2cn(-c3ccc(N4CCN(CC5CCN(c6ccc([C@H]7CCC(=O)NC7=O)cn6)CC5)CC4)cc3F)nc2-c2ccncc2)c1F. The first kappa shape index (κ1) is 41.0. The number of anilines is 3. The van der Waals surface area contributed by atoms with Crippen LogP contribution in [-0.4, -0.2) is 109 Å². The van der Waals surface area contributed by atoms with E-state index in [2.05, 4.69) is 34.7 Å². The Kier molecular flexibility index (Phi) is 11.9. The molecular weight excluding hydrogens is 791 g/mol. The van der Waals surface area contributed by atoms with Crippen LogP contribution in [0.3, 0.4) is 0 Å². The molecule has 5 aromatic rings. The maximum Gasteiger partial charge on any atom is 0.301 e. The van der Waals surface area contributed by atoms with Crippen LogP contribution < -0.4 is 19.8 Å². The maximum atomic E-state index is 16.1. The van der Waals surface area contributed by atoms with Crippen LogP contribution in [0.1, 0.15) is 44.1 Å². The van der Waals surface area contributed by atoms with Gasteiger partial charge < -0.3 is 9.80 Å². The van der Waals surface area contributed by atoms with Crippen molar-refractivity contribution >= 4 is 39.2 Å². The molecule has 314 valence electrons. The lowest BCUT2D eigenvalue weighted by Crippen LogP contribution is -2.49. The van der Waals surface area contributed by atoms with Gasteiger partial charge in [-0.05, 0) is 73.2 Å². The first-order valence-electron chi connectivity index (χ1n) is 20.3. The molecule has 3 saturated heterocycles. The van der Waals surface area contributed by atoms with Gasteiger partial charge >= 0.3 is 10.2 Å². The first-order valence-corrected chi connectivity index (χ1v) is 21.8. The Morgan fingerprint density at radius 3 is 2.35 bits per heavy atom. The molecule has 0 unspecified atom stereocenters. The number of amides is 2. The third-order valence-electron chi connectivity index (χ3n) is 11.8. The number of imide groups is 1. The summed E-state index contributed by atoms with van der Waals surface area (Å²) in [6.07, 6.45) is 9.45. The number of rotatable bonds is 12. The topological polar surface area (TPSA) is 149 Å². The number of piperidine rings is 2. The van der Waals surface area contributed by atoms with Gasteiger partial charge in [0.1, 0.15) is 17.2 Å². The molecule has 60 heavy (non-hydrogen) atoms. The highest BCUT2D eigenvalue weighted by atomic mass is 32.2. The minimum Gasteiger partial charge on any atom is -0.369 e. The van der Waals surface area contributed by atoms with E-state index in [-0.39, 0.29) is 41.2 Å². The molecule has 17 heteroatoms. The zero-order valence-corrected chi connectivity index (χ0v) is 34.4. The summed E-state index contributed by atoms with van der Waals surface area (Å²) in [5.74, 6) is -0.617. The van der Waals surface area contributed by atoms with Gasteiger partial charge in [-0.1, -0.05) is 25.1 Å². The van der Waals surface area contributed by atoms with Crippen molar-refractivity contribution in [2.45, 2.75) is 38.5 Å². The molecule has 3 aromatic heterocycles. The quantitative estimate of drug-likeness (QED) is 0.156. The lowest BCUT2D eigenvalue weighted by Gasteiger charge is -2.40. The van der Waals surface area contributed by atoms with Gasteiger partial charge in [-0.2, -0.15) is 17.8 Å². The Labute approximate surface area is 348 Å². The van der Waals surface area contributed by atoms with Gasteiger partial charge in [-0.15, -0.1) is 0 Å². The van der Waals surface area contributed by atoms with Crippen molar-refractivity contribution < 1.29 is 26.8 Å². The maximum absolute atomic E-state index is 16.1. The van der Waals surface area contributed by atoms with Crippen LogP contribution in [0.15, 0.2) is 85.5 Å². The first-order chi connectivity index (χ1) is 29.0. The zero-order chi connectivity index (χ0) is 42.0. The molecule has 0 aliphatic carbocycles. The van der Waals surface area contributed by atoms with Gasteiger partial charge in [0, 0.05) is 113 Å². The van der Waals surface area contributed by atoms with Gasteiger partial charge in [0.05, 0.1) is 11.6 Å². The minimum absolute atomic E-state index is 0.100. The number of nitrogens with one attached hydrogen (secondary N) is 2. The van der Waals surface area contributed by atoms with Gasteiger partial charge in [-0.3, -0.25) is 29.5 Å². The molecule has 3 aliphatic rings. The standard InChI is InChI=1S/C43H48F2N10O4S/c1-3-51(2)60(58,59)50-37-6-4-5-34(41(37)45)35-28-55(49-42(35)30-13-17-46-18-14-30)38-10-8-32(25-36(38)44)53-23-21-52(22-24-53)27-29-15-19-54(20-16-29)39-11-7-31(26-47-39)33-9-12-40(56)48-43(33)57/h4-8,10-11,13-14,17-18,25-26,28-29,33,50H,3,9,12,15-16,19-24,27H2,1-2H3,(H,48,56,57)/t33-/m1/s1. The summed E-state index contributed by atoms with van der Waals surface area (Å²) in [6, 6.07) is 16.9. The molecule has 0 spiro atoms. The lowest BCUT2D eigenvalue weighted by atomic mass is 9.91. The molecule has 2 N–H and O–H groups in total. The van der Waals surface area contributed by atoms with E-state index in [0.29, 0.717) is 35.6 Å². The average Bonchev–Trinajstić information content (AvgIpc) is 3.70. The van der Waals surface area contributed by atoms with Crippen LogP contribution in [0.25, 0.3) is 28.1 Å². The van der Waals surface area contributed by atoms with Crippen molar-refractivity contribution in [3.05, 3.63) is 103 Å². The third kappa shape index (κ3) is 8.74. The van der Waals surface area contributed by atoms with E-state index < -0.39 is 21.8 Å². The largest absolute Gasteiger partial charge is 0.369 e. The van der Waals surface area contributed by atoms with Crippen LogP contribution in [0.2, 0.25) is 0 Å². The number of benzene rings is 2. The molecule has 2 aromatic carbocycles. The highest BCUT2D eigenvalue weighted by Crippen LogP contribution is 2.37. The Balaban J connectivity index is 0.896. The smallest absolute Gasteiger partial charge is 0.301 e. The number of nitrogens with zero attached hydrogens (tertiary/aromatic N) is 8. The monoisotopic (exact) mass is 838 g/mol. The lowest BCUT2D eigenvalue weighted by molar-refractivity contribution is -0.134. The highest BCUT2D eigenvalue weighted by Gasteiger charge is 2.30. The number of carbonyl (C=O) groups excluding carboxylic acids is 2. The highest BCUT2D eigenvalue weighted by molar-refractivity contribution is 7.90. The summed E-state index contributed by atoms with van der Waals surface area (Å²) in [5, 5.41) is 7.14. The molecule has 1 atom stereocenters. The number of halogens is 2. The fourth-order valence-electron chi connectivity index (χ4n) is 8.20. The van der Waals surface area contributed by atoms with Crippen molar-refractivity contribution in [2.24, 2.45) is 5.92 Å². The molecular formula is C43H48F2N10O4S. The fourth-order valence-corrected chi connectivity index (χ4v) is 9.13. The number of carbonyl (C=O) groups is 2. The second-order valence-electron chi connectivity index (χ2n) is 15.6. The molecule has 14 nitrogen and oxygen atoms in total. The predicted molar refractivity (Wildman–Crippen MR) is 226 cm³/mol. The summed E-state index contributed by atoms with van der Waals surface area (Å²) in [4.78, 5) is 39.5. The zero-order valence-electron chi connectivity index (χ0n) is 33.6.